The van der Waals surface area contributed by atoms with Gasteiger partial charge in [-0.1, -0.05) is 12.1 Å². The Hall–Kier alpha value is -4.25. The minimum Gasteiger partial charge on any atom is -0.455 e. The Balaban J connectivity index is 1.93. The van der Waals surface area contributed by atoms with Crippen LogP contribution in [0.1, 0.15) is 34.6 Å². The zero-order valence-corrected chi connectivity index (χ0v) is 23.2. The average molecular weight is 564 g/mol. The normalized spacial score (nSPS) is 11.5. The van der Waals surface area contributed by atoms with Gasteiger partial charge in [0.1, 0.15) is 22.7 Å². The molecule has 0 atom stereocenters. The molecule has 41 heavy (non-hydrogen) atoms. The number of benzene rings is 3. The number of hydrogen-bond acceptors (Lipinski definition) is 7. The van der Waals surface area contributed by atoms with Crippen LogP contribution in [0.5, 0.6) is 0 Å². The van der Waals surface area contributed by atoms with Crippen LogP contribution in [-0.4, -0.2) is 72.6 Å². The first-order valence-electron chi connectivity index (χ1n) is 13.3. The number of carbonyl (C=O) groups is 2. The summed E-state index contributed by atoms with van der Waals surface area (Å²) in [7, 11) is 1.52. The van der Waals surface area contributed by atoms with E-state index in [0.717, 1.165) is 11.3 Å². The van der Waals surface area contributed by atoms with Crippen LogP contribution in [0.25, 0.3) is 33.4 Å². The predicted octanol–water partition coefficient (Wildman–Crippen LogP) is 3.56. The lowest BCUT2D eigenvalue weighted by Gasteiger charge is -2.28. The van der Waals surface area contributed by atoms with Crippen molar-refractivity contribution < 1.29 is 33.7 Å². The van der Waals surface area contributed by atoms with E-state index in [1.807, 2.05) is 32.0 Å². The van der Waals surface area contributed by atoms with Crippen molar-refractivity contribution in [2.75, 3.05) is 44.9 Å². The minimum absolute atomic E-state index is 0.249. The Labute approximate surface area is 237 Å². The third-order valence-electron chi connectivity index (χ3n) is 7.19. The van der Waals surface area contributed by atoms with Crippen LogP contribution in [0.15, 0.2) is 65.1 Å². The SMILES string of the molecule is CCN(CC)c1cc2oc(-c3ccc(F)cc3)c(C(=O)NC)c2cc1-c1cccc(C(=O)NC(CO)(CO)CO)c1. The Morgan fingerprint density at radius 3 is 2.15 bits per heavy atom. The second kappa shape index (κ2) is 12.5. The Morgan fingerprint density at radius 2 is 1.56 bits per heavy atom. The van der Waals surface area contributed by atoms with Gasteiger partial charge in [0, 0.05) is 54.0 Å². The molecule has 0 radical (unpaired) electrons. The van der Waals surface area contributed by atoms with Crippen molar-refractivity contribution in [3.05, 3.63) is 77.6 Å². The van der Waals surface area contributed by atoms with Crippen molar-refractivity contribution in [3.63, 3.8) is 0 Å². The maximum atomic E-state index is 13.7. The van der Waals surface area contributed by atoms with Gasteiger partial charge in [-0.15, -0.1) is 0 Å². The molecule has 1 heterocycles. The highest BCUT2D eigenvalue weighted by atomic mass is 19.1. The van der Waals surface area contributed by atoms with Crippen molar-refractivity contribution in [1.82, 2.24) is 10.6 Å². The van der Waals surface area contributed by atoms with E-state index in [1.54, 1.807) is 30.3 Å². The number of nitrogens with zero attached hydrogens (tertiary/aromatic N) is 1. The molecule has 2 amide bonds. The highest BCUT2D eigenvalue weighted by molar-refractivity contribution is 6.13. The van der Waals surface area contributed by atoms with Crippen molar-refractivity contribution in [2.45, 2.75) is 19.4 Å². The second-order valence-electron chi connectivity index (χ2n) is 9.72. The van der Waals surface area contributed by atoms with Crippen LogP contribution in [0.2, 0.25) is 0 Å². The molecule has 9 nitrogen and oxygen atoms in total. The smallest absolute Gasteiger partial charge is 0.255 e. The largest absolute Gasteiger partial charge is 0.455 e. The molecule has 4 rings (SSSR count). The first-order valence-corrected chi connectivity index (χ1v) is 13.3. The number of anilines is 1. The summed E-state index contributed by atoms with van der Waals surface area (Å²) >= 11 is 0. The number of hydrogen-bond donors (Lipinski definition) is 5. The molecule has 0 saturated carbocycles. The molecule has 4 aromatic rings. The molecule has 0 unspecified atom stereocenters. The molecule has 216 valence electrons. The molecule has 0 bridgehead atoms. The molecule has 0 fully saturated rings. The first-order chi connectivity index (χ1) is 19.7. The van der Waals surface area contributed by atoms with Gasteiger partial charge in [0.25, 0.3) is 11.8 Å². The van der Waals surface area contributed by atoms with E-state index < -0.39 is 37.1 Å². The summed E-state index contributed by atoms with van der Waals surface area (Å²) in [5, 5.41) is 34.7. The predicted molar refractivity (Wildman–Crippen MR) is 155 cm³/mol. The molecule has 3 aromatic carbocycles. The molecular weight excluding hydrogens is 529 g/mol. The summed E-state index contributed by atoms with van der Waals surface area (Å²) in [6, 6.07) is 16.2. The van der Waals surface area contributed by atoms with Crippen LogP contribution in [0.3, 0.4) is 0 Å². The van der Waals surface area contributed by atoms with Crippen LogP contribution in [0, 0.1) is 5.82 Å². The Bertz CT molecular complexity index is 1530. The lowest BCUT2D eigenvalue weighted by Crippen LogP contribution is -2.57. The summed E-state index contributed by atoms with van der Waals surface area (Å²) in [5.41, 5.74) is 2.23. The highest BCUT2D eigenvalue weighted by Gasteiger charge is 2.30. The van der Waals surface area contributed by atoms with Gasteiger partial charge < -0.3 is 35.3 Å². The van der Waals surface area contributed by atoms with E-state index in [2.05, 4.69) is 15.5 Å². The average Bonchev–Trinajstić information content (AvgIpc) is 3.38. The van der Waals surface area contributed by atoms with E-state index in [1.165, 1.54) is 19.2 Å². The highest BCUT2D eigenvalue weighted by Crippen LogP contribution is 2.41. The first kappa shape index (κ1) is 29.7. The quantitative estimate of drug-likeness (QED) is 0.188. The van der Waals surface area contributed by atoms with Gasteiger partial charge in [-0.25, -0.2) is 4.39 Å². The maximum absolute atomic E-state index is 13.7. The van der Waals surface area contributed by atoms with E-state index in [9.17, 15) is 29.3 Å². The van der Waals surface area contributed by atoms with Gasteiger partial charge in [-0.05, 0) is 61.9 Å². The van der Waals surface area contributed by atoms with Crippen LogP contribution in [0.4, 0.5) is 10.1 Å². The molecule has 10 heteroatoms. The van der Waals surface area contributed by atoms with Crippen molar-refractivity contribution in [3.8, 4) is 22.5 Å². The maximum Gasteiger partial charge on any atom is 0.255 e. The number of aliphatic hydroxyl groups excluding tert-OH is 3. The fourth-order valence-electron chi connectivity index (χ4n) is 4.75. The fraction of sp³-hybridized carbons (Fsp3) is 0.290. The van der Waals surface area contributed by atoms with Crippen molar-refractivity contribution in [1.29, 1.82) is 0 Å². The van der Waals surface area contributed by atoms with Crippen molar-refractivity contribution in [2.24, 2.45) is 0 Å². The lowest BCUT2D eigenvalue weighted by molar-refractivity contribution is 0.0375. The minimum atomic E-state index is -1.58. The summed E-state index contributed by atoms with van der Waals surface area (Å²) in [5.74, 6) is -1.05. The van der Waals surface area contributed by atoms with Gasteiger partial charge >= 0.3 is 0 Å². The van der Waals surface area contributed by atoms with E-state index >= 15 is 0 Å². The number of aliphatic hydroxyl groups is 3. The van der Waals surface area contributed by atoms with Crippen molar-refractivity contribution >= 4 is 28.5 Å². The molecule has 0 saturated heterocycles. The standard InChI is InChI=1S/C31H34FN3O6/c1-4-35(5-2)25-15-26-24(27(30(40)33-3)28(41-26)19-9-11-22(32)12-10-19)14-23(25)20-7-6-8-21(13-20)29(39)34-31(16-36,17-37)18-38/h6-15,36-38H,4-5,16-18H2,1-3H3,(H,33,40)(H,34,39). The third-order valence-corrected chi connectivity index (χ3v) is 7.19. The van der Waals surface area contributed by atoms with Gasteiger partial charge in [0.15, 0.2) is 0 Å². The molecule has 0 aliphatic rings. The number of rotatable bonds is 11. The zero-order valence-electron chi connectivity index (χ0n) is 23.2. The molecule has 0 spiro atoms. The van der Waals surface area contributed by atoms with Crippen LogP contribution in [-0.2, 0) is 0 Å². The molecule has 0 aliphatic heterocycles. The topological polar surface area (TPSA) is 135 Å². The summed E-state index contributed by atoms with van der Waals surface area (Å²) in [4.78, 5) is 28.3. The molecular formula is C31H34FN3O6. The van der Waals surface area contributed by atoms with Gasteiger partial charge in [-0.3, -0.25) is 9.59 Å². The Kier molecular flexibility index (Phi) is 9.07. The van der Waals surface area contributed by atoms with Gasteiger partial charge in [0.2, 0.25) is 0 Å². The molecule has 5 N–H and O–H groups in total. The second-order valence-corrected chi connectivity index (χ2v) is 9.72. The lowest BCUT2D eigenvalue weighted by atomic mass is 9.96. The zero-order chi connectivity index (χ0) is 29.7. The number of halogens is 1. The third kappa shape index (κ3) is 5.81. The van der Waals surface area contributed by atoms with Crippen LogP contribution >= 0.6 is 0 Å². The number of amides is 2. The summed E-state index contributed by atoms with van der Waals surface area (Å²) < 4.78 is 19.9. The number of fused-ring (bicyclic) bond motifs is 1. The molecule has 1 aromatic heterocycles. The number of furan rings is 1. The van der Waals surface area contributed by atoms with E-state index in [-0.39, 0.29) is 11.5 Å². The van der Waals surface area contributed by atoms with Gasteiger partial charge in [-0.2, -0.15) is 0 Å². The Morgan fingerprint density at radius 1 is 0.902 bits per heavy atom. The number of carbonyl (C=O) groups excluding carboxylic acids is 2. The monoisotopic (exact) mass is 563 g/mol. The molecule has 0 aliphatic carbocycles. The van der Waals surface area contributed by atoms with E-state index in [0.29, 0.717) is 46.5 Å². The summed E-state index contributed by atoms with van der Waals surface area (Å²) in [6.45, 7) is 3.45. The summed E-state index contributed by atoms with van der Waals surface area (Å²) in [6.07, 6.45) is 0. The van der Waals surface area contributed by atoms with E-state index in [4.69, 9.17) is 4.42 Å². The number of nitrogens with one attached hydrogen (secondary N) is 2. The van der Waals surface area contributed by atoms with Gasteiger partial charge in [0.05, 0.1) is 25.4 Å². The fourth-order valence-corrected chi connectivity index (χ4v) is 4.75. The van der Waals surface area contributed by atoms with Crippen LogP contribution < -0.4 is 15.5 Å².